The normalized spacial score (nSPS) is 15.7. The summed E-state index contributed by atoms with van der Waals surface area (Å²) in [6.45, 7) is 8.12. The first-order chi connectivity index (χ1) is 14.2. The van der Waals surface area contributed by atoms with E-state index in [0.717, 1.165) is 23.9 Å². The largest absolute Gasteiger partial charge is 0.336 e. The lowest BCUT2D eigenvalue weighted by Gasteiger charge is -2.35. The number of nitrogens with zero attached hydrogens (tertiary/aromatic N) is 3. The molecule has 7 heteroatoms. The van der Waals surface area contributed by atoms with Crippen molar-refractivity contribution in [3.8, 4) is 0 Å². The fourth-order valence-electron chi connectivity index (χ4n) is 3.56. The number of hydrogen-bond donors (Lipinski definition) is 0. The lowest BCUT2D eigenvalue weighted by molar-refractivity contribution is 0.0628. The molecule has 162 valence electrons. The molecule has 1 fully saturated rings. The van der Waals surface area contributed by atoms with Crippen LogP contribution in [0.4, 0.5) is 0 Å². The maximum atomic E-state index is 12.9. The third kappa shape index (κ3) is 5.09. The average Bonchev–Trinajstić information content (AvgIpc) is 2.74. The van der Waals surface area contributed by atoms with Gasteiger partial charge in [0.1, 0.15) is 0 Å². The Morgan fingerprint density at radius 1 is 1.00 bits per heavy atom. The minimum absolute atomic E-state index is 0.119. The van der Waals surface area contributed by atoms with Gasteiger partial charge in [-0.2, -0.15) is 0 Å². The monoisotopic (exact) mass is 429 g/mol. The molecule has 0 unspecified atom stereocenters. The predicted molar refractivity (Wildman–Crippen MR) is 119 cm³/mol. The molecule has 1 heterocycles. The zero-order chi connectivity index (χ0) is 21.9. The molecule has 1 aliphatic heterocycles. The van der Waals surface area contributed by atoms with Crippen LogP contribution >= 0.6 is 0 Å². The van der Waals surface area contributed by atoms with Gasteiger partial charge in [0.15, 0.2) is 0 Å². The van der Waals surface area contributed by atoms with Crippen molar-refractivity contribution in [2.45, 2.75) is 31.2 Å². The summed E-state index contributed by atoms with van der Waals surface area (Å²) < 4.78 is 25.9. The van der Waals surface area contributed by atoms with E-state index in [0.29, 0.717) is 24.6 Å². The highest BCUT2D eigenvalue weighted by Gasteiger charge is 2.24. The van der Waals surface area contributed by atoms with Crippen molar-refractivity contribution in [1.29, 1.82) is 0 Å². The molecular weight excluding hydrogens is 398 g/mol. The lowest BCUT2D eigenvalue weighted by atomic mass is 10.0. The minimum Gasteiger partial charge on any atom is -0.336 e. The van der Waals surface area contributed by atoms with E-state index in [2.05, 4.69) is 43.0 Å². The Morgan fingerprint density at radius 2 is 1.63 bits per heavy atom. The first-order valence-electron chi connectivity index (χ1n) is 10.3. The zero-order valence-electron chi connectivity index (χ0n) is 18.2. The quantitative estimate of drug-likeness (QED) is 0.708. The molecule has 0 atom stereocenters. The minimum atomic E-state index is -3.56. The topological polar surface area (TPSA) is 60.9 Å². The first-order valence-corrected chi connectivity index (χ1v) is 11.8. The molecule has 30 heavy (non-hydrogen) atoms. The van der Waals surface area contributed by atoms with Gasteiger partial charge in [-0.1, -0.05) is 44.2 Å². The van der Waals surface area contributed by atoms with Crippen molar-refractivity contribution in [3.63, 3.8) is 0 Å². The highest BCUT2D eigenvalue weighted by Crippen LogP contribution is 2.19. The summed E-state index contributed by atoms with van der Waals surface area (Å²) in [5.74, 6) is 0.409. The van der Waals surface area contributed by atoms with Crippen LogP contribution in [0, 0.1) is 0 Å². The molecular formula is C23H31N3O3S. The van der Waals surface area contributed by atoms with E-state index in [1.807, 2.05) is 0 Å². The lowest BCUT2D eigenvalue weighted by Crippen LogP contribution is -2.48. The molecule has 6 nitrogen and oxygen atoms in total. The van der Waals surface area contributed by atoms with Crippen LogP contribution < -0.4 is 0 Å². The molecule has 0 saturated carbocycles. The first kappa shape index (κ1) is 22.5. The molecule has 0 N–H and O–H groups in total. The average molecular weight is 430 g/mol. The van der Waals surface area contributed by atoms with E-state index in [-0.39, 0.29) is 10.8 Å². The molecule has 3 rings (SSSR count). The third-order valence-corrected chi connectivity index (χ3v) is 7.38. The van der Waals surface area contributed by atoms with Gasteiger partial charge >= 0.3 is 0 Å². The Hall–Kier alpha value is -2.22. The van der Waals surface area contributed by atoms with Crippen molar-refractivity contribution in [2.24, 2.45) is 0 Å². The maximum Gasteiger partial charge on any atom is 0.253 e. The summed E-state index contributed by atoms with van der Waals surface area (Å²) in [5.41, 5.74) is 3.03. The molecule has 1 amide bonds. The summed E-state index contributed by atoms with van der Waals surface area (Å²) in [5, 5.41) is 0. The summed E-state index contributed by atoms with van der Waals surface area (Å²) in [7, 11) is -0.590. The van der Waals surface area contributed by atoms with E-state index in [9.17, 15) is 13.2 Å². The van der Waals surface area contributed by atoms with E-state index < -0.39 is 10.0 Å². The molecule has 2 aromatic rings. The van der Waals surface area contributed by atoms with Gasteiger partial charge in [0.05, 0.1) is 4.90 Å². The maximum absolute atomic E-state index is 12.9. The molecule has 0 aliphatic carbocycles. The Morgan fingerprint density at radius 3 is 2.20 bits per heavy atom. The van der Waals surface area contributed by atoms with Crippen LogP contribution in [0.2, 0.25) is 0 Å². The summed E-state index contributed by atoms with van der Waals surface area (Å²) in [6, 6.07) is 15.0. The van der Waals surface area contributed by atoms with Crippen LogP contribution in [0.1, 0.15) is 41.3 Å². The van der Waals surface area contributed by atoms with Crippen molar-refractivity contribution in [1.82, 2.24) is 14.1 Å². The summed E-state index contributed by atoms with van der Waals surface area (Å²) in [4.78, 5) is 17.2. The molecule has 1 saturated heterocycles. The standard InChI is InChI=1S/C23H31N3O3S/c1-18(2)20-10-8-19(9-11-20)17-25-12-14-26(15-13-25)23(27)21-6-5-7-22(16-21)30(28,29)24(3)4/h5-11,16,18H,12-15,17H2,1-4H3. The number of sulfonamides is 1. The number of carbonyl (C=O) groups is 1. The van der Waals surface area contributed by atoms with Gasteiger partial charge in [-0.15, -0.1) is 0 Å². The number of hydrogen-bond acceptors (Lipinski definition) is 4. The molecule has 0 aromatic heterocycles. The third-order valence-electron chi connectivity index (χ3n) is 5.57. The van der Waals surface area contributed by atoms with Gasteiger partial charge in [-0.3, -0.25) is 9.69 Å². The number of amides is 1. The number of benzene rings is 2. The number of rotatable bonds is 6. The predicted octanol–water partition coefficient (Wildman–Crippen LogP) is 3.02. The van der Waals surface area contributed by atoms with Crippen LogP contribution in [-0.2, 0) is 16.6 Å². The Balaban J connectivity index is 1.60. The molecule has 2 aromatic carbocycles. The van der Waals surface area contributed by atoms with Crippen molar-refractivity contribution < 1.29 is 13.2 Å². The number of piperazine rings is 1. The zero-order valence-corrected chi connectivity index (χ0v) is 19.0. The van der Waals surface area contributed by atoms with Gasteiger partial charge in [0.2, 0.25) is 10.0 Å². The smallest absolute Gasteiger partial charge is 0.253 e. The van der Waals surface area contributed by atoms with Crippen LogP contribution in [0.25, 0.3) is 0 Å². The second-order valence-corrected chi connectivity index (χ2v) is 10.4. The summed E-state index contributed by atoms with van der Waals surface area (Å²) in [6.07, 6.45) is 0. The van der Waals surface area contributed by atoms with Gasteiger partial charge in [0.25, 0.3) is 5.91 Å². The highest BCUT2D eigenvalue weighted by molar-refractivity contribution is 7.89. The number of carbonyl (C=O) groups excluding carboxylic acids is 1. The van der Waals surface area contributed by atoms with Gasteiger partial charge < -0.3 is 4.90 Å². The van der Waals surface area contributed by atoms with Crippen molar-refractivity contribution in [3.05, 3.63) is 65.2 Å². The van der Waals surface area contributed by atoms with E-state index in [1.54, 1.807) is 17.0 Å². The van der Waals surface area contributed by atoms with Crippen LogP contribution in [-0.4, -0.2) is 68.7 Å². The SMILES string of the molecule is CC(C)c1ccc(CN2CCN(C(=O)c3cccc(S(=O)(=O)N(C)C)c3)CC2)cc1. The van der Waals surface area contributed by atoms with E-state index in [4.69, 9.17) is 0 Å². The van der Waals surface area contributed by atoms with Gasteiger partial charge in [-0.05, 0) is 35.2 Å². The fraction of sp³-hybridized carbons (Fsp3) is 0.435. The molecule has 0 bridgehead atoms. The van der Waals surface area contributed by atoms with Crippen molar-refractivity contribution in [2.75, 3.05) is 40.3 Å². The second kappa shape index (κ2) is 9.29. The van der Waals surface area contributed by atoms with Crippen molar-refractivity contribution >= 4 is 15.9 Å². The van der Waals surface area contributed by atoms with Gasteiger partial charge in [0, 0.05) is 52.4 Å². The second-order valence-electron chi connectivity index (χ2n) is 8.28. The Labute approximate surface area is 180 Å². The van der Waals surface area contributed by atoms with Gasteiger partial charge in [-0.25, -0.2) is 12.7 Å². The van der Waals surface area contributed by atoms with E-state index >= 15 is 0 Å². The fourth-order valence-corrected chi connectivity index (χ4v) is 4.51. The highest BCUT2D eigenvalue weighted by atomic mass is 32.2. The van der Waals surface area contributed by atoms with Crippen LogP contribution in [0.3, 0.4) is 0 Å². The Kier molecular flexibility index (Phi) is 6.95. The van der Waals surface area contributed by atoms with Crippen LogP contribution in [0.5, 0.6) is 0 Å². The molecule has 0 spiro atoms. The molecule has 1 aliphatic rings. The Bertz CT molecular complexity index is 977. The molecule has 0 radical (unpaired) electrons. The summed E-state index contributed by atoms with van der Waals surface area (Å²) >= 11 is 0. The van der Waals surface area contributed by atoms with Crippen LogP contribution in [0.15, 0.2) is 53.4 Å². The van der Waals surface area contributed by atoms with E-state index in [1.165, 1.54) is 37.4 Å².